The van der Waals surface area contributed by atoms with Crippen LogP contribution < -0.4 is 5.32 Å². The Morgan fingerprint density at radius 1 is 1.24 bits per heavy atom. The van der Waals surface area contributed by atoms with Crippen LogP contribution in [0.3, 0.4) is 0 Å². The van der Waals surface area contributed by atoms with E-state index in [9.17, 15) is 8.42 Å². The van der Waals surface area contributed by atoms with Crippen molar-refractivity contribution in [1.29, 1.82) is 0 Å². The van der Waals surface area contributed by atoms with E-state index in [0.29, 0.717) is 12.8 Å². The Kier molecular flexibility index (Phi) is 4.39. The van der Waals surface area contributed by atoms with Gasteiger partial charge in [0, 0.05) is 4.88 Å². The third-order valence-corrected chi connectivity index (χ3v) is 7.66. The van der Waals surface area contributed by atoms with Crippen LogP contribution in [-0.4, -0.2) is 31.5 Å². The Bertz CT molecular complexity index is 570. The summed E-state index contributed by atoms with van der Waals surface area (Å²) in [4.78, 5) is 6.34. The van der Waals surface area contributed by atoms with E-state index in [1.165, 1.54) is 23.4 Å². The fraction of sp³-hybridized carbons (Fsp3) is 0.800. The molecule has 1 fully saturated rings. The lowest BCUT2D eigenvalue weighted by Crippen LogP contribution is -2.48. The number of nitrogens with zero attached hydrogens (tertiary/aromatic N) is 1. The first-order valence-corrected chi connectivity index (χ1v) is 10.6. The van der Waals surface area contributed by atoms with Gasteiger partial charge in [-0.15, -0.1) is 11.3 Å². The largest absolute Gasteiger partial charge is 0.305 e. The van der Waals surface area contributed by atoms with E-state index in [-0.39, 0.29) is 17.0 Å². The van der Waals surface area contributed by atoms with Crippen LogP contribution in [0.4, 0.5) is 0 Å². The molecule has 0 atom stereocenters. The molecule has 1 aromatic heterocycles. The van der Waals surface area contributed by atoms with Crippen molar-refractivity contribution in [2.24, 2.45) is 0 Å². The quantitative estimate of drug-likeness (QED) is 0.922. The Balaban J connectivity index is 1.90. The van der Waals surface area contributed by atoms with Gasteiger partial charge >= 0.3 is 0 Å². The van der Waals surface area contributed by atoms with E-state index < -0.39 is 9.84 Å². The summed E-state index contributed by atoms with van der Waals surface area (Å²) in [5.41, 5.74) is 1.07. The van der Waals surface area contributed by atoms with Gasteiger partial charge in [-0.05, 0) is 51.5 Å². The van der Waals surface area contributed by atoms with Crippen LogP contribution in [0.15, 0.2) is 0 Å². The summed E-state index contributed by atoms with van der Waals surface area (Å²) in [5, 5.41) is 4.77. The number of thiazole rings is 1. The maximum Gasteiger partial charge on any atom is 0.150 e. The van der Waals surface area contributed by atoms with Crippen molar-refractivity contribution >= 4 is 21.2 Å². The van der Waals surface area contributed by atoms with Crippen LogP contribution in [0, 0.1) is 0 Å². The first-order valence-electron chi connectivity index (χ1n) is 7.99. The molecule has 1 aliphatic heterocycles. The van der Waals surface area contributed by atoms with Gasteiger partial charge in [0.15, 0.2) is 0 Å². The predicted octanol–water partition coefficient (Wildman–Crippen LogP) is 2.43. The molecule has 0 unspecified atom stereocenters. The average Bonchev–Trinajstić information content (AvgIpc) is 2.91. The molecule has 1 aliphatic carbocycles. The van der Waals surface area contributed by atoms with Crippen molar-refractivity contribution < 1.29 is 8.42 Å². The number of hydrogen-bond acceptors (Lipinski definition) is 5. The summed E-state index contributed by atoms with van der Waals surface area (Å²) in [7, 11) is -2.85. The molecular weight excluding hydrogens is 304 g/mol. The molecule has 0 bridgehead atoms. The minimum atomic E-state index is -2.85. The second kappa shape index (κ2) is 5.97. The number of fused-ring (bicyclic) bond motifs is 1. The highest BCUT2D eigenvalue weighted by atomic mass is 32.2. The average molecular weight is 329 g/mol. The lowest BCUT2D eigenvalue weighted by Gasteiger charge is -2.36. The molecule has 1 N–H and O–H groups in total. The van der Waals surface area contributed by atoms with Crippen molar-refractivity contribution in [2.75, 3.05) is 18.1 Å². The second-order valence-corrected chi connectivity index (χ2v) is 9.64. The van der Waals surface area contributed by atoms with Gasteiger partial charge in [0.05, 0.1) is 22.7 Å². The number of aryl methyl sites for hydroxylation is 2. The Morgan fingerprint density at radius 3 is 2.62 bits per heavy atom. The highest BCUT2D eigenvalue weighted by Crippen LogP contribution is 2.39. The van der Waals surface area contributed by atoms with E-state index in [2.05, 4.69) is 12.2 Å². The topological polar surface area (TPSA) is 59.1 Å². The van der Waals surface area contributed by atoms with Crippen molar-refractivity contribution in [2.45, 2.75) is 57.4 Å². The molecule has 1 aromatic rings. The number of nitrogens with one attached hydrogen (secondary N) is 1. The van der Waals surface area contributed by atoms with Crippen LogP contribution in [0.2, 0.25) is 0 Å². The molecule has 3 rings (SSSR count). The lowest BCUT2D eigenvalue weighted by atomic mass is 9.92. The van der Waals surface area contributed by atoms with E-state index in [4.69, 9.17) is 4.98 Å². The smallest absolute Gasteiger partial charge is 0.150 e. The van der Waals surface area contributed by atoms with E-state index in [1.807, 2.05) is 11.3 Å². The highest BCUT2D eigenvalue weighted by Gasteiger charge is 2.41. The Hall–Kier alpha value is -0.460. The molecule has 0 spiro atoms. The summed E-state index contributed by atoms with van der Waals surface area (Å²) < 4.78 is 23.6. The van der Waals surface area contributed by atoms with Crippen molar-refractivity contribution in [3.05, 3.63) is 15.6 Å². The van der Waals surface area contributed by atoms with Crippen molar-refractivity contribution in [3.8, 4) is 0 Å². The van der Waals surface area contributed by atoms with Crippen LogP contribution in [0.5, 0.6) is 0 Å². The molecule has 6 heteroatoms. The van der Waals surface area contributed by atoms with Crippen LogP contribution in [0.25, 0.3) is 0 Å². The van der Waals surface area contributed by atoms with Crippen LogP contribution >= 0.6 is 11.3 Å². The molecular formula is C15H24N2O2S2. The summed E-state index contributed by atoms with van der Waals surface area (Å²) in [6.45, 7) is 3.07. The molecule has 2 heterocycles. The Labute approximate surface area is 131 Å². The molecule has 0 radical (unpaired) electrons. The van der Waals surface area contributed by atoms with E-state index in [1.54, 1.807) is 0 Å². The van der Waals surface area contributed by atoms with Gasteiger partial charge in [-0.25, -0.2) is 13.4 Å². The summed E-state index contributed by atoms with van der Waals surface area (Å²) in [6, 6.07) is 0. The van der Waals surface area contributed by atoms with Gasteiger partial charge in [-0.1, -0.05) is 6.92 Å². The van der Waals surface area contributed by atoms with Gasteiger partial charge in [0.1, 0.15) is 14.8 Å². The fourth-order valence-corrected chi connectivity index (χ4v) is 6.17. The maximum atomic E-state index is 11.8. The normalized spacial score (nSPS) is 23.7. The monoisotopic (exact) mass is 328 g/mol. The summed E-state index contributed by atoms with van der Waals surface area (Å²) >= 11 is 1.82. The molecule has 4 nitrogen and oxygen atoms in total. The SMILES string of the molecule is CCCNC1(c2nc3c(s2)CCCC3)CCS(=O)(=O)CC1. The first kappa shape index (κ1) is 15.4. The van der Waals surface area contributed by atoms with Crippen LogP contribution in [0.1, 0.15) is 54.6 Å². The third kappa shape index (κ3) is 3.17. The number of rotatable bonds is 4. The Morgan fingerprint density at radius 2 is 1.95 bits per heavy atom. The van der Waals surface area contributed by atoms with Gasteiger partial charge in [0.25, 0.3) is 0 Å². The zero-order valence-electron chi connectivity index (χ0n) is 12.7. The molecule has 118 valence electrons. The van der Waals surface area contributed by atoms with Gasteiger partial charge < -0.3 is 5.32 Å². The standard InChI is InChI=1S/C15H24N2O2S2/c1-2-9-16-15(7-10-21(18,19)11-8-15)14-17-12-5-3-4-6-13(12)20-14/h16H,2-11H2,1H3. The highest BCUT2D eigenvalue weighted by molar-refractivity contribution is 7.91. The maximum absolute atomic E-state index is 11.8. The minimum Gasteiger partial charge on any atom is -0.305 e. The zero-order chi connectivity index (χ0) is 14.9. The number of sulfone groups is 1. The van der Waals surface area contributed by atoms with E-state index in [0.717, 1.165) is 30.8 Å². The first-order chi connectivity index (χ1) is 10.0. The second-order valence-electron chi connectivity index (χ2n) is 6.26. The molecule has 0 saturated carbocycles. The fourth-order valence-electron chi connectivity index (χ4n) is 3.27. The predicted molar refractivity (Wildman–Crippen MR) is 86.6 cm³/mol. The minimum absolute atomic E-state index is 0.205. The summed E-state index contributed by atoms with van der Waals surface area (Å²) in [6.07, 6.45) is 7.13. The van der Waals surface area contributed by atoms with E-state index >= 15 is 0 Å². The van der Waals surface area contributed by atoms with Crippen molar-refractivity contribution in [1.82, 2.24) is 10.3 Å². The van der Waals surface area contributed by atoms with Crippen LogP contribution in [-0.2, 0) is 28.2 Å². The van der Waals surface area contributed by atoms with Crippen molar-refractivity contribution in [3.63, 3.8) is 0 Å². The summed E-state index contributed by atoms with van der Waals surface area (Å²) in [5.74, 6) is 0.571. The lowest BCUT2D eigenvalue weighted by molar-refractivity contribution is 0.299. The number of aromatic nitrogens is 1. The number of hydrogen-bond donors (Lipinski definition) is 1. The molecule has 21 heavy (non-hydrogen) atoms. The van der Waals surface area contributed by atoms with Gasteiger partial charge in [0.2, 0.25) is 0 Å². The van der Waals surface area contributed by atoms with Gasteiger partial charge in [-0.3, -0.25) is 0 Å². The zero-order valence-corrected chi connectivity index (χ0v) is 14.3. The molecule has 2 aliphatic rings. The third-order valence-electron chi connectivity index (χ3n) is 4.65. The van der Waals surface area contributed by atoms with Gasteiger partial charge in [-0.2, -0.15) is 0 Å². The molecule has 0 aromatic carbocycles. The molecule has 0 amide bonds. The molecule has 1 saturated heterocycles.